The van der Waals surface area contributed by atoms with E-state index in [1.54, 1.807) is 29.2 Å². The molecule has 1 fully saturated rings. The molecule has 0 saturated carbocycles. The lowest BCUT2D eigenvalue weighted by atomic mass is 10.1. The summed E-state index contributed by atoms with van der Waals surface area (Å²) < 4.78 is 53.6. The van der Waals surface area contributed by atoms with Crippen LogP contribution in [-0.4, -0.2) is 59.2 Å². The first-order valence-electron chi connectivity index (χ1n) is 9.88. The van der Waals surface area contributed by atoms with Gasteiger partial charge in [0.2, 0.25) is 0 Å². The van der Waals surface area contributed by atoms with E-state index in [0.29, 0.717) is 16.9 Å². The lowest BCUT2D eigenvalue weighted by Gasteiger charge is -2.28. The highest BCUT2D eigenvalue weighted by atomic mass is 32.2. The third kappa shape index (κ3) is 4.89. The van der Waals surface area contributed by atoms with E-state index in [1.807, 2.05) is 14.0 Å². The molecule has 0 aliphatic carbocycles. The van der Waals surface area contributed by atoms with Crippen molar-refractivity contribution in [3.05, 3.63) is 46.7 Å². The van der Waals surface area contributed by atoms with Crippen LogP contribution in [0.1, 0.15) is 24.2 Å². The maximum absolute atomic E-state index is 12.7. The molecule has 3 aromatic rings. The molecule has 13 heteroatoms. The van der Waals surface area contributed by atoms with Gasteiger partial charge in [-0.3, -0.25) is 9.62 Å². The predicted molar refractivity (Wildman–Crippen MR) is 117 cm³/mol. The second-order valence-corrected chi connectivity index (χ2v) is 9.99. The van der Waals surface area contributed by atoms with Crippen LogP contribution in [0.25, 0.3) is 0 Å². The first-order valence-corrected chi connectivity index (χ1v) is 12.3. The summed E-state index contributed by atoms with van der Waals surface area (Å²) in [6, 6.07) is 3.34. The number of likely N-dealkylation sites (N-methyl/N-ethyl adjacent to an activating group) is 1. The Kier molecular flexibility index (Phi) is 6.40. The van der Waals surface area contributed by atoms with Gasteiger partial charge in [-0.25, -0.2) is 14.6 Å². The summed E-state index contributed by atoms with van der Waals surface area (Å²) >= 11 is 1.29. The molecule has 3 aromatic heterocycles. The van der Waals surface area contributed by atoms with Gasteiger partial charge in [0.05, 0.1) is 23.1 Å². The number of pyridine rings is 1. The summed E-state index contributed by atoms with van der Waals surface area (Å²) in [5.41, 5.74) is 3.78. The summed E-state index contributed by atoms with van der Waals surface area (Å²) in [5.74, 6) is 0.264. The smallest absolute Gasteiger partial charge is 0.333 e. The monoisotopic (exact) mass is 483 g/mol. The number of halogens is 2. The Morgan fingerprint density at radius 2 is 2.19 bits per heavy atom. The topological polar surface area (TPSA) is 96.2 Å². The number of rotatable bonds is 8. The van der Waals surface area contributed by atoms with Crippen LogP contribution in [0, 0.1) is 6.92 Å². The van der Waals surface area contributed by atoms with Crippen LogP contribution in [0.3, 0.4) is 0 Å². The first-order chi connectivity index (χ1) is 15.2. The Labute approximate surface area is 188 Å². The number of hydrogen-bond donors (Lipinski definition) is 1. The van der Waals surface area contributed by atoms with Crippen LogP contribution in [0.5, 0.6) is 0 Å². The second-order valence-electron chi connectivity index (χ2n) is 7.64. The zero-order chi connectivity index (χ0) is 22.9. The van der Waals surface area contributed by atoms with Crippen molar-refractivity contribution in [2.45, 2.75) is 37.5 Å². The van der Waals surface area contributed by atoms with E-state index in [4.69, 9.17) is 0 Å². The summed E-state index contributed by atoms with van der Waals surface area (Å²) in [5, 5.41) is 5.45. The molecular formula is C19H23F2N7O2S2. The minimum atomic E-state index is -3.82. The van der Waals surface area contributed by atoms with Crippen LogP contribution >= 0.6 is 11.3 Å². The fourth-order valence-corrected chi connectivity index (χ4v) is 5.33. The maximum atomic E-state index is 12.7. The Hall–Kier alpha value is -2.64. The van der Waals surface area contributed by atoms with Gasteiger partial charge in [-0.05, 0) is 31.0 Å². The van der Waals surface area contributed by atoms with Crippen molar-refractivity contribution in [1.82, 2.24) is 24.6 Å². The van der Waals surface area contributed by atoms with Crippen LogP contribution in [-0.2, 0) is 16.6 Å². The van der Waals surface area contributed by atoms with Crippen molar-refractivity contribution in [2.75, 3.05) is 29.8 Å². The number of aromatic nitrogens is 4. The van der Waals surface area contributed by atoms with Gasteiger partial charge in [-0.15, -0.1) is 11.3 Å². The molecular weight excluding hydrogens is 460 g/mol. The van der Waals surface area contributed by atoms with Crippen molar-refractivity contribution in [3.63, 3.8) is 0 Å². The van der Waals surface area contributed by atoms with E-state index >= 15 is 0 Å². The highest BCUT2D eigenvalue weighted by molar-refractivity contribution is 7.92. The predicted octanol–water partition coefficient (Wildman–Crippen LogP) is 2.95. The standard InChI is InChI=1S/C19H23F2N7O2S2/c1-13-7-18(32(29,30)25-17-11-31-12-23-17)22-8-16(13)26(2)15-4-5-27(10-15)9-14-3-6-28(24-14)19(20)21/h3,6-8,11-12,15,19,25H,4-5,9-10H2,1-2H3/t15-/m0/s1. The van der Waals surface area contributed by atoms with Crippen molar-refractivity contribution in [2.24, 2.45) is 0 Å². The molecule has 9 nitrogen and oxygen atoms in total. The number of nitrogens with zero attached hydrogens (tertiary/aromatic N) is 6. The van der Waals surface area contributed by atoms with E-state index < -0.39 is 16.6 Å². The van der Waals surface area contributed by atoms with Gasteiger partial charge in [-0.2, -0.15) is 22.3 Å². The molecule has 4 rings (SSSR count). The lowest BCUT2D eigenvalue weighted by Crippen LogP contribution is -2.35. The van der Waals surface area contributed by atoms with Gasteiger partial charge in [0.15, 0.2) is 10.8 Å². The molecule has 1 aliphatic heterocycles. The number of thiazole rings is 1. The molecule has 1 atom stereocenters. The second kappa shape index (κ2) is 9.08. The molecule has 0 unspecified atom stereocenters. The van der Waals surface area contributed by atoms with Gasteiger partial charge in [-0.1, -0.05) is 0 Å². The van der Waals surface area contributed by atoms with Gasteiger partial charge >= 0.3 is 6.55 Å². The molecule has 32 heavy (non-hydrogen) atoms. The molecule has 0 bridgehead atoms. The molecule has 1 saturated heterocycles. The van der Waals surface area contributed by atoms with Crippen molar-refractivity contribution < 1.29 is 17.2 Å². The van der Waals surface area contributed by atoms with Crippen molar-refractivity contribution >= 4 is 32.9 Å². The molecule has 0 amide bonds. The fourth-order valence-electron chi connectivity index (χ4n) is 3.76. The highest BCUT2D eigenvalue weighted by Gasteiger charge is 2.28. The molecule has 0 radical (unpaired) electrons. The van der Waals surface area contributed by atoms with E-state index in [0.717, 1.165) is 30.8 Å². The quantitative estimate of drug-likeness (QED) is 0.526. The summed E-state index contributed by atoms with van der Waals surface area (Å²) in [6.45, 7) is 1.26. The number of anilines is 2. The zero-order valence-electron chi connectivity index (χ0n) is 17.5. The summed E-state index contributed by atoms with van der Waals surface area (Å²) in [4.78, 5) is 12.4. The third-order valence-electron chi connectivity index (χ3n) is 5.43. The Balaban J connectivity index is 1.41. The zero-order valence-corrected chi connectivity index (χ0v) is 19.2. The van der Waals surface area contributed by atoms with E-state index in [-0.39, 0.29) is 16.9 Å². The molecule has 0 spiro atoms. The maximum Gasteiger partial charge on any atom is 0.333 e. The Morgan fingerprint density at radius 3 is 2.84 bits per heavy atom. The largest absolute Gasteiger partial charge is 0.369 e. The van der Waals surface area contributed by atoms with Crippen molar-refractivity contribution in [3.8, 4) is 0 Å². The van der Waals surface area contributed by atoms with Gasteiger partial charge < -0.3 is 4.90 Å². The Bertz CT molecular complexity index is 1170. The summed E-state index contributed by atoms with van der Waals surface area (Å²) in [6.07, 6.45) is 3.74. The molecule has 1 N–H and O–H groups in total. The number of aryl methyl sites for hydroxylation is 1. The lowest BCUT2D eigenvalue weighted by molar-refractivity contribution is 0.0558. The molecule has 172 valence electrons. The van der Waals surface area contributed by atoms with Crippen LogP contribution in [0.15, 0.2) is 40.4 Å². The van der Waals surface area contributed by atoms with Gasteiger partial charge in [0, 0.05) is 44.3 Å². The number of hydrogen-bond acceptors (Lipinski definition) is 8. The number of likely N-dealkylation sites (tertiary alicyclic amines) is 1. The number of sulfonamides is 1. The van der Waals surface area contributed by atoms with Crippen LogP contribution in [0.4, 0.5) is 20.3 Å². The van der Waals surface area contributed by atoms with Crippen LogP contribution < -0.4 is 9.62 Å². The molecule has 4 heterocycles. The number of nitrogens with one attached hydrogen (secondary N) is 1. The minimum Gasteiger partial charge on any atom is -0.369 e. The fraction of sp³-hybridized carbons (Fsp3) is 0.421. The first kappa shape index (κ1) is 22.6. The highest BCUT2D eigenvalue weighted by Crippen LogP contribution is 2.27. The third-order valence-corrected chi connectivity index (χ3v) is 7.27. The van der Waals surface area contributed by atoms with Crippen LogP contribution in [0.2, 0.25) is 0 Å². The van der Waals surface area contributed by atoms with Gasteiger partial charge in [0.25, 0.3) is 10.0 Å². The SMILES string of the molecule is Cc1cc(S(=O)(=O)Nc2cscn2)ncc1N(C)[C@H]1CCN(Cc2ccn(C(F)F)n2)C1. The molecule has 1 aliphatic rings. The average Bonchev–Trinajstić information content (AvgIpc) is 3.50. The number of alkyl halides is 2. The van der Waals surface area contributed by atoms with E-state index in [2.05, 4.69) is 29.6 Å². The average molecular weight is 484 g/mol. The molecule has 0 aromatic carbocycles. The Morgan fingerprint density at radius 1 is 1.38 bits per heavy atom. The van der Waals surface area contributed by atoms with Gasteiger partial charge in [0.1, 0.15) is 0 Å². The summed E-state index contributed by atoms with van der Waals surface area (Å²) in [7, 11) is -1.87. The minimum absolute atomic E-state index is 0.0668. The normalized spacial score (nSPS) is 17.2. The van der Waals surface area contributed by atoms with E-state index in [1.165, 1.54) is 17.5 Å². The van der Waals surface area contributed by atoms with E-state index in [9.17, 15) is 17.2 Å². The van der Waals surface area contributed by atoms with Crippen molar-refractivity contribution in [1.29, 1.82) is 0 Å².